The van der Waals surface area contributed by atoms with E-state index < -0.39 is 0 Å². The maximum Gasteiger partial charge on any atom is 0.244 e. The van der Waals surface area contributed by atoms with Crippen LogP contribution in [-0.2, 0) is 9.53 Å². The smallest absolute Gasteiger partial charge is 0.244 e. The normalized spacial score (nSPS) is 15.4. The minimum Gasteiger partial charge on any atom is -0.493 e. The van der Waals surface area contributed by atoms with Crippen LogP contribution in [0.5, 0.6) is 11.5 Å². The first-order chi connectivity index (χ1) is 11.7. The molecule has 1 fully saturated rings. The highest BCUT2D eigenvalue weighted by Gasteiger charge is 2.09. The lowest BCUT2D eigenvalue weighted by Gasteiger charge is -2.26. The van der Waals surface area contributed by atoms with Crippen LogP contribution in [0.2, 0.25) is 0 Å². The van der Waals surface area contributed by atoms with Gasteiger partial charge in [0.25, 0.3) is 0 Å². The van der Waals surface area contributed by atoms with Crippen molar-refractivity contribution in [2.24, 2.45) is 0 Å². The van der Waals surface area contributed by atoms with Gasteiger partial charge in [-0.3, -0.25) is 9.69 Å². The Hall–Kier alpha value is -2.05. The monoisotopic (exact) mass is 334 g/mol. The fraction of sp³-hybridized carbons (Fsp3) is 0.500. The first-order valence-electron chi connectivity index (χ1n) is 8.29. The molecule has 132 valence electrons. The lowest BCUT2D eigenvalue weighted by molar-refractivity contribution is -0.116. The highest BCUT2D eigenvalue weighted by molar-refractivity contribution is 5.91. The summed E-state index contributed by atoms with van der Waals surface area (Å²) in [6.07, 6.45) is 3.30. The van der Waals surface area contributed by atoms with Gasteiger partial charge in [0.2, 0.25) is 5.91 Å². The van der Waals surface area contributed by atoms with E-state index in [0.717, 1.165) is 38.4 Å². The van der Waals surface area contributed by atoms with Crippen LogP contribution in [-0.4, -0.2) is 63.9 Å². The Morgan fingerprint density at radius 3 is 2.83 bits per heavy atom. The van der Waals surface area contributed by atoms with E-state index in [1.165, 1.54) is 6.08 Å². The summed E-state index contributed by atoms with van der Waals surface area (Å²) in [5.74, 6) is 1.26. The van der Waals surface area contributed by atoms with Crippen LogP contribution >= 0.6 is 0 Å². The molecule has 0 spiro atoms. The van der Waals surface area contributed by atoms with Crippen LogP contribution in [0.25, 0.3) is 6.08 Å². The molecule has 0 aromatic heterocycles. The minimum atomic E-state index is -0.101. The number of methoxy groups -OCH3 is 1. The number of ether oxygens (including phenoxy) is 3. The predicted octanol–water partition coefficient (Wildman–Crippen LogP) is 1.56. The molecule has 1 aliphatic heterocycles. The van der Waals surface area contributed by atoms with E-state index >= 15 is 0 Å². The maximum atomic E-state index is 11.9. The van der Waals surface area contributed by atoms with Crippen LogP contribution < -0.4 is 14.8 Å². The van der Waals surface area contributed by atoms with E-state index in [2.05, 4.69) is 10.2 Å². The number of hydrogen-bond acceptors (Lipinski definition) is 5. The molecule has 1 heterocycles. The zero-order chi connectivity index (χ0) is 17.2. The number of hydrogen-bond donors (Lipinski definition) is 1. The van der Waals surface area contributed by atoms with E-state index in [9.17, 15) is 4.79 Å². The van der Waals surface area contributed by atoms with Crippen molar-refractivity contribution in [2.75, 3.05) is 53.1 Å². The first kappa shape index (κ1) is 18.3. The van der Waals surface area contributed by atoms with Crippen LogP contribution in [0.4, 0.5) is 0 Å². The molecule has 24 heavy (non-hydrogen) atoms. The average Bonchev–Trinajstić information content (AvgIpc) is 2.62. The molecule has 2 rings (SSSR count). The number of benzene rings is 1. The molecule has 1 amide bonds. The highest BCUT2D eigenvalue weighted by atomic mass is 16.5. The van der Waals surface area contributed by atoms with Crippen LogP contribution in [0, 0.1) is 0 Å². The topological polar surface area (TPSA) is 60.0 Å². The summed E-state index contributed by atoms with van der Waals surface area (Å²) in [5.41, 5.74) is 0.888. The van der Waals surface area contributed by atoms with Crippen molar-refractivity contribution in [1.82, 2.24) is 10.2 Å². The van der Waals surface area contributed by atoms with Crippen molar-refractivity contribution >= 4 is 12.0 Å². The molecule has 0 atom stereocenters. The number of rotatable bonds is 8. The molecular formula is C18H26N2O4. The van der Waals surface area contributed by atoms with Crippen molar-refractivity contribution in [2.45, 2.75) is 6.92 Å². The molecule has 0 saturated carbocycles. The summed E-state index contributed by atoms with van der Waals surface area (Å²) in [7, 11) is 1.60. The predicted molar refractivity (Wildman–Crippen MR) is 93.5 cm³/mol. The van der Waals surface area contributed by atoms with Gasteiger partial charge >= 0.3 is 0 Å². The summed E-state index contributed by atoms with van der Waals surface area (Å²) in [5, 5.41) is 2.90. The first-order valence-corrected chi connectivity index (χ1v) is 8.29. The Balaban J connectivity index is 1.80. The number of carbonyl (C=O) groups excluding carboxylic acids is 1. The third-order valence-corrected chi connectivity index (χ3v) is 3.75. The Morgan fingerprint density at radius 2 is 2.12 bits per heavy atom. The number of nitrogens with one attached hydrogen (secondary N) is 1. The Kier molecular flexibility index (Phi) is 7.58. The van der Waals surface area contributed by atoms with Crippen molar-refractivity contribution < 1.29 is 19.0 Å². The fourth-order valence-electron chi connectivity index (χ4n) is 2.46. The van der Waals surface area contributed by atoms with E-state index in [-0.39, 0.29) is 5.91 Å². The van der Waals surface area contributed by atoms with Gasteiger partial charge in [-0.2, -0.15) is 0 Å². The van der Waals surface area contributed by atoms with Gasteiger partial charge in [-0.05, 0) is 30.7 Å². The molecule has 1 aromatic carbocycles. The number of amides is 1. The lowest BCUT2D eigenvalue weighted by atomic mass is 10.2. The third kappa shape index (κ3) is 5.86. The van der Waals surface area contributed by atoms with Crippen molar-refractivity contribution in [3.05, 3.63) is 29.8 Å². The maximum absolute atomic E-state index is 11.9. The summed E-state index contributed by atoms with van der Waals surface area (Å²) < 4.78 is 16.1. The molecular weight excluding hydrogens is 308 g/mol. The average molecular weight is 334 g/mol. The van der Waals surface area contributed by atoms with Gasteiger partial charge in [-0.1, -0.05) is 6.07 Å². The van der Waals surface area contributed by atoms with Gasteiger partial charge in [0.1, 0.15) is 0 Å². The van der Waals surface area contributed by atoms with E-state index in [1.807, 2.05) is 25.1 Å². The molecule has 0 unspecified atom stereocenters. The standard InChI is InChI=1S/C18H26N2O4/c1-3-24-16-6-4-15(14-17(16)22-2)5-7-18(21)19-8-9-20-10-12-23-13-11-20/h4-7,14H,3,8-13H2,1-2H3,(H,19,21)/b7-5+. The van der Waals surface area contributed by atoms with Gasteiger partial charge in [0.05, 0.1) is 26.9 Å². The molecule has 0 radical (unpaired) electrons. The molecule has 1 aliphatic rings. The molecule has 1 saturated heterocycles. The Morgan fingerprint density at radius 1 is 1.33 bits per heavy atom. The second-order valence-electron chi connectivity index (χ2n) is 5.42. The summed E-state index contributed by atoms with van der Waals surface area (Å²) in [4.78, 5) is 14.2. The van der Waals surface area contributed by atoms with Gasteiger partial charge in [0.15, 0.2) is 11.5 Å². The second kappa shape index (κ2) is 9.95. The third-order valence-electron chi connectivity index (χ3n) is 3.75. The van der Waals surface area contributed by atoms with Crippen molar-refractivity contribution in [3.63, 3.8) is 0 Å². The van der Waals surface area contributed by atoms with Gasteiger partial charge in [-0.15, -0.1) is 0 Å². The second-order valence-corrected chi connectivity index (χ2v) is 5.42. The quantitative estimate of drug-likeness (QED) is 0.731. The number of nitrogens with zero attached hydrogens (tertiary/aromatic N) is 1. The molecule has 0 bridgehead atoms. The molecule has 1 N–H and O–H groups in total. The van der Waals surface area contributed by atoms with Crippen molar-refractivity contribution in [1.29, 1.82) is 0 Å². The summed E-state index contributed by atoms with van der Waals surface area (Å²) >= 11 is 0. The Bertz CT molecular complexity index is 554. The van der Waals surface area contributed by atoms with Crippen LogP contribution in [0.1, 0.15) is 12.5 Å². The fourth-order valence-corrected chi connectivity index (χ4v) is 2.46. The van der Waals surface area contributed by atoms with Gasteiger partial charge in [-0.25, -0.2) is 0 Å². The zero-order valence-electron chi connectivity index (χ0n) is 14.4. The number of carbonyl (C=O) groups is 1. The van der Waals surface area contributed by atoms with E-state index in [4.69, 9.17) is 14.2 Å². The Labute approximate surface area is 143 Å². The molecule has 6 heteroatoms. The van der Waals surface area contributed by atoms with Gasteiger partial charge in [0, 0.05) is 32.3 Å². The number of morpholine rings is 1. The highest BCUT2D eigenvalue weighted by Crippen LogP contribution is 2.28. The molecule has 0 aliphatic carbocycles. The zero-order valence-corrected chi connectivity index (χ0v) is 14.4. The SMILES string of the molecule is CCOc1ccc(/C=C/C(=O)NCCN2CCOCC2)cc1OC. The lowest BCUT2D eigenvalue weighted by Crippen LogP contribution is -2.41. The van der Waals surface area contributed by atoms with Gasteiger partial charge < -0.3 is 19.5 Å². The minimum absolute atomic E-state index is 0.101. The largest absolute Gasteiger partial charge is 0.493 e. The van der Waals surface area contributed by atoms with E-state index in [0.29, 0.717) is 24.7 Å². The van der Waals surface area contributed by atoms with E-state index in [1.54, 1.807) is 13.2 Å². The van der Waals surface area contributed by atoms with Crippen LogP contribution in [0.3, 0.4) is 0 Å². The molecule has 1 aromatic rings. The summed E-state index contributed by atoms with van der Waals surface area (Å²) in [6.45, 7) is 7.39. The van der Waals surface area contributed by atoms with Crippen molar-refractivity contribution in [3.8, 4) is 11.5 Å². The summed E-state index contributed by atoms with van der Waals surface area (Å²) in [6, 6.07) is 5.59. The molecule has 6 nitrogen and oxygen atoms in total. The van der Waals surface area contributed by atoms with Crippen LogP contribution in [0.15, 0.2) is 24.3 Å².